The summed E-state index contributed by atoms with van der Waals surface area (Å²) in [7, 11) is 0. The molecule has 0 saturated heterocycles. The molecule has 4 aliphatic carbocycles. The molecule has 31 heavy (non-hydrogen) atoms. The van der Waals surface area contributed by atoms with Gasteiger partial charge in [-0.3, -0.25) is 9.59 Å². The van der Waals surface area contributed by atoms with Crippen LogP contribution in [0.4, 0.5) is 0 Å². The lowest BCUT2D eigenvalue weighted by Gasteiger charge is -2.56. The molecule has 4 saturated carbocycles. The number of ether oxygens (including phenoxy) is 1. The van der Waals surface area contributed by atoms with Crippen molar-refractivity contribution in [2.75, 3.05) is 19.7 Å². The zero-order valence-corrected chi connectivity index (χ0v) is 19.2. The van der Waals surface area contributed by atoms with Gasteiger partial charge in [-0.05, 0) is 93.1 Å². The Kier molecular flexibility index (Phi) is 6.88. The number of aryl methyl sites for hydroxylation is 2. The highest BCUT2D eigenvalue weighted by molar-refractivity contribution is 5.77. The van der Waals surface area contributed by atoms with E-state index < -0.39 is 0 Å². The Hall–Kier alpha value is -2.04. The summed E-state index contributed by atoms with van der Waals surface area (Å²) in [6, 6.07) is 6.09. The minimum atomic E-state index is 0.0143. The monoisotopic (exact) mass is 426 g/mol. The Morgan fingerprint density at radius 2 is 1.48 bits per heavy atom. The fraction of sp³-hybridized carbons (Fsp3) is 0.692. The second-order valence-electron chi connectivity index (χ2n) is 10.5. The molecule has 1 aromatic rings. The molecule has 4 bridgehead atoms. The Balaban J connectivity index is 1.08. The van der Waals surface area contributed by atoms with Crippen LogP contribution in [0.1, 0.15) is 68.9 Å². The van der Waals surface area contributed by atoms with Crippen LogP contribution in [-0.2, 0) is 9.59 Å². The first-order chi connectivity index (χ1) is 14.9. The van der Waals surface area contributed by atoms with E-state index in [1.165, 1.54) is 38.5 Å². The quantitative estimate of drug-likeness (QED) is 0.548. The number of benzene rings is 1. The predicted molar refractivity (Wildman–Crippen MR) is 122 cm³/mol. The van der Waals surface area contributed by atoms with Crippen molar-refractivity contribution in [2.24, 2.45) is 23.2 Å². The van der Waals surface area contributed by atoms with Crippen molar-refractivity contribution < 1.29 is 14.3 Å². The van der Waals surface area contributed by atoms with Gasteiger partial charge in [0.05, 0.1) is 6.61 Å². The Labute approximate surface area is 186 Å². The van der Waals surface area contributed by atoms with Crippen LogP contribution >= 0.6 is 0 Å². The molecule has 5 nitrogen and oxygen atoms in total. The molecule has 5 rings (SSSR count). The van der Waals surface area contributed by atoms with Crippen molar-refractivity contribution >= 4 is 11.8 Å². The maximum absolute atomic E-state index is 12.5. The van der Waals surface area contributed by atoms with E-state index in [1.54, 1.807) is 0 Å². The average molecular weight is 427 g/mol. The van der Waals surface area contributed by atoms with Gasteiger partial charge in [0, 0.05) is 25.9 Å². The summed E-state index contributed by atoms with van der Waals surface area (Å²) in [6.07, 6.45) is 9.78. The third-order valence-electron chi connectivity index (χ3n) is 7.67. The van der Waals surface area contributed by atoms with E-state index >= 15 is 0 Å². The van der Waals surface area contributed by atoms with E-state index in [1.807, 2.05) is 32.0 Å². The number of amides is 2. The summed E-state index contributed by atoms with van der Waals surface area (Å²) in [5, 5.41) is 5.95. The Morgan fingerprint density at radius 3 is 2.06 bits per heavy atom. The molecular weight excluding hydrogens is 388 g/mol. The molecule has 0 aromatic heterocycles. The molecule has 2 amide bonds. The maximum Gasteiger partial charge on any atom is 0.220 e. The largest absolute Gasteiger partial charge is 0.493 e. The highest BCUT2D eigenvalue weighted by Gasteiger charge is 2.51. The summed E-state index contributed by atoms with van der Waals surface area (Å²) < 4.78 is 5.85. The van der Waals surface area contributed by atoms with Crippen LogP contribution in [0, 0.1) is 37.0 Å². The van der Waals surface area contributed by atoms with Crippen LogP contribution in [-0.4, -0.2) is 31.5 Å². The zero-order valence-electron chi connectivity index (χ0n) is 19.2. The normalized spacial score (nSPS) is 28.4. The minimum absolute atomic E-state index is 0.0143. The minimum Gasteiger partial charge on any atom is -0.493 e. The van der Waals surface area contributed by atoms with Gasteiger partial charge in [-0.2, -0.15) is 0 Å². The number of carbonyl (C=O) groups is 2. The fourth-order valence-electron chi connectivity index (χ4n) is 6.84. The molecule has 0 aliphatic heterocycles. The number of hydrogen-bond acceptors (Lipinski definition) is 3. The summed E-state index contributed by atoms with van der Waals surface area (Å²) >= 11 is 0. The number of para-hydroxylation sites is 1. The van der Waals surface area contributed by atoms with Crippen LogP contribution in [0.15, 0.2) is 18.2 Å². The molecule has 0 atom stereocenters. The van der Waals surface area contributed by atoms with Crippen LogP contribution in [0.2, 0.25) is 0 Å². The van der Waals surface area contributed by atoms with E-state index in [4.69, 9.17) is 4.74 Å². The van der Waals surface area contributed by atoms with E-state index in [0.717, 1.165) is 34.6 Å². The lowest BCUT2D eigenvalue weighted by Crippen LogP contribution is -2.48. The van der Waals surface area contributed by atoms with Crippen molar-refractivity contribution in [3.05, 3.63) is 29.3 Å². The lowest BCUT2D eigenvalue weighted by atomic mass is 9.49. The summed E-state index contributed by atoms with van der Waals surface area (Å²) in [5.74, 6) is 3.72. The van der Waals surface area contributed by atoms with E-state index in [0.29, 0.717) is 39.0 Å². The second-order valence-corrected chi connectivity index (χ2v) is 10.5. The standard InChI is InChI=1S/C26H38N2O3/c1-18-5-3-6-19(2)25(18)31-10-4-7-23(29)27-8-9-28-24(30)17-26-14-20-11-21(15-26)13-22(12-20)16-26/h3,5-6,20-22H,4,7-17H2,1-2H3,(H,27,29)(H,28,30). The highest BCUT2D eigenvalue weighted by Crippen LogP contribution is 2.61. The molecule has 0 unspecified atom stereocenters. The van der Waals surface area contributed by atoms with Crippen LogP contribution in [0.3, 0.4) is 0 Å². The van der Waals surface area contributed by atoms with Gasteiger partial charge in [-0.25, -0.2) is 0 Å². The SMILES string of the molecule is Cc1cccc(C)c1OCCCC(=O)NCCNC(=O)CC12CC3CC(CC(C3)C1)C2. The van der Waals surface area contributed by atoms with Crippen molar-refractivity contribution in [3.63, 3.8) is 0 Å². The first-order valence-electron chi connectivity index (χ1n) is 12.1. The number of nitrogens with one attached hydrogen (secondary N) is 2. The van der Waals surface area contributed by atoms with E-state index in [9.17, 15) is 9.59 Å². The average Bonchev–Trinajstić information content (AvgIpc) is 2.69. The van der Waals surface area contributed by atoms with Crippen LogP contribution in [0.5, 0.6) is 5.75 Å². The first kappa shape index (κ1) is 22.2. The molecule has 5 heteroatoms. The van der Waals surface area contributed by atoms with Gasteiger partial charge >= 0.3 is 0 Å². The van der Waals surface area contributed by atoms with Crippen molar-refractivity contribution in [1.29, 1.82) is 0 Å². The van der Waals surface area contributed by atoms with Gasteiger partial charge in [0.2, 0.25) is 11.8 Å². The molecule has 0 spiro atoms. The third kappa shape index (κ3) is 5.61. The first-order valence-corrected chi connectivity index (χ1v) is 12.1. The van der Waals surface area contributed by atoms with Crippen molar-refractivity contribution in [3.8, 4) is 5.75 Å². The molecule has 0 heterocycles. The Bertz CT molecular complexity index is 748. The molecule has 4 fully saturated rings. The smallest absolute Gasteiger partial charge is 0.220 e. The van der Waals surface area contributed by atoms with Crippen molar-refractivity contribution in [2.45, 2.75) is 71.6 Å². The molecule has 170 valence electrons. The number of rotatable bonds is 10. The predicted octanol–water partition coefficient (Wildman–Crippen LogP) is 4.30. The zero-order chi connectivity index (χ0) is 21.8. The van der Waals surface area contributed by atoms with Crippen molar-refractivity contribution in [1.82, 2.24) is 10.6 Å². The van der Waals surface area contributed by atoms with Gasteiger partial charge in [-0.15, -0.1) is 0 Å². The van der Waals surface area contributed by atoms with Gasteiger partial charge in [0.1, 0.15) is 5.75 Å². The topological polar surface area (TPSA) is 67.4 Å². The summed E-state index contributed by atoms with van der Waals surface area (Å²) in [5.41, 5.74) is 2.51. The molecule has 4 aliphatic rings. The van der Waals surface area contributed by atoms with Gasteiger partial charge in [0.25, 0.3) is 0 Å². The van der Waals surface area contributed by atoms with E-state index in [-0.39, 0.29) is 17.2 Å². The Morgan fingerprint density at radius 1 is 0.935 bits per heavy atom. The van der Waals surface area contributed by atoms with Crippen LogP contribution in [0.25, 0.3) is 0 Å². The fourth-order valence-corrected chi connectivity index (χ4v) is 6.84. The summed E-state index contributed by atoms with van der Waals surface area (Å²) in [4.78, 5) is 24.6. The highest BCUT2D eigenvalue weighted by atomic mass is 16.5. The molecule has 2 N–H and O–H groups in total. The van der Waals surface area contributed by atoms with Gasteiger partial charge in [-0.1, -0.05) is 18.2 Å². The van der Waals surface area contributed by atoms with Gasteiger partial charge in [0.15, 0.2) is 0 Å². The third-order valence-corrected chi connectivity index (χ3v) is 7.67. The number of carbonyl (C=O) groups excluding carboxylic acids is 2. The molecule has 0 radical (unpaired) electrons. The molecular formula is C26H38N2O3. The van der Waals surface area contributed by atoms with E-state index in [2.05, 4.69) is 10.6 Å². The lowest BCUT2D eigenvalue weighted by molar-refractivity contribution is -0.129. The van der Waals surface area contributed by atoms with Crippen LogP contribution < -0.4 is 15.4 Å². The number of hydrogen-bond donors (Lipinski definition) is 2. The second kappa shape index (κ2) is 9.62. The molecule has 1 aromatic carbocycles. The summed E-state index contributed by atoms with van der Waals surface area (Å²) in [6.45, 7) is 5.60. The maximum atomic E-state index is 12.5. The van der Waals surface area contributed by atoms with Gasteiger partial charge < -0.3 is 15.4 Å².